The van der Waals surface area contributed by atoms with Crippen LogP contribution in [0.4, 0.5) is 26.3 Å². The molecule has 0 fully saturated rings. The molecular weight excluding hydrogens is 322 g/mol. The lowest BCUT2D eigenvalue weighted by Crippen LogP contribution is -2.22. The highest BCUT2D eigenvalue weighted by Gasteiger charge is 2.36. The number of halogens is 6. The Balaban J connectivity index is 2.25. The average Bonchev–Trinajstić information content (AvgIpc) is 2.43. The lowest BCUT2D eigenvalue weighted by Gasteiger charge is -2.20. The van der Waals surface area contributed by atoms with Gasteiger partial charge in [-0.1, -0.05) is 0 Å². The third kappa shape index (κ3) is 4.62. The molecule has 128 valence electrons. The summed E-state index contributed by atoms with van der Waals surface area (Å²) in [6, 6.07) is 1.30. The molecule has 1 aromatic carbocycles. The van der Waals surface area contributed by atoms with Gasteiger partial charge in [0, 0.05) is 6.42 Å². The van der Waals surface area contributed by atoms with Gasteiger partial charge in [-0.25, -0.2) is 0 Å². The minimum Gasteiger partial charge on any atom is -0.387 e. The van der Waals surface area contributed by atoms with Crippen molar-refractivity contribution in [3.63, 3.8) is 0 Å². The zero-order chi connectivity index (χ0) is 17.3. The van der Waals surface area contributed by atoms with Crippen molar-refractivity contribution < 1.29 is 26.3 Å². The second-order valence-corrected chi connectivity index (χ2v) is 5.57. The van der Waals surface area contributed by atoms with Crippen molar-refractivity contribution in [2.24, 2.45) is 10.7 Å². The van der Waals surface area contributed by atoms with E-state index < -0.39 is 23.5 Å². The molecule has 1 aromatic rings. The van der Waals surface area contributed by atoms with Gasteiger partial charge in [0.2, 0.25) is 0 Å². The van der Waals surface area contributed by atoms with Crippen LogP contribution in [0.5, 0.6) is 0 Å². The van der Waals surface area contributed by atoms with Gasteiger partial charge in [-0.15, -0.1) is 0 Å². The van der Waals surface area contributed by atoms with Crippen LogP contribution in [-0.2, 0) is 18.8 Å². The maximum atomic E-state index is 13.0. The predicted molar refractivity (Wildman–Crippen MR) is 74.0 cm³/mol. The molecule has 0 aromatic heterocycles. The number of rotatable bonds is 3. The smallest absolute Gasteiger partial charge is 0.387 e. The average molecular weight is 338 g/mol. The third-order valence-corrected chi connectivity index (χ3v) is 3.80. The number of amidine groups is 1. The molecule has 0 spiro atoms. The second-order valence-electron chi connectivity index (χ2n) is 5.57. The van der Waals surface area contributed by atoms with E-state index in [0.717, 1.165) is 6.42 Å². The maximum Gasteiger partial charge on any atom is 0.416 e. The summed E-state index contributed by atoms with van der Waals surface area (Å²) in [6.07, 6.45) is -7.13. The molecule has 0 bridgehead atoms. The fourth-order valence-electron chi connectivity index (χ4n) is 2.67. The minimum atomic E-state index is -4.69. The van der Waals surface area contributed by atoms with Gasteiger partial charge in [0.15, 0.2) is 0 Å². The normalized spacial score (nSPS) is 19.6. The van der Waals surface area contributed by atoms with E-state index in [1.807, 2.05) is 0 Å². The molecule has 0 unspecified atom stereocenters. The summed E-state index contributed by atoms with van der Waals surface area (Å²) in [5.41, 5.74) is 3.13. The standard InChI is InChI=1S/C15H16F6N2/c16-14(17,18)10-5-7-12(15(19,20)21)9(8-10)4-6-11-2-1-3-13(22)23-11/h5,7-8,11H,1-4,6H2,(H2,22,23)/t11-/m1/s1. The number of nitrogens with zero attached hydrogens (tertiary/aromatic N) is 1. The van der Waals surface area contributed by atoms with Crippen molar-refractivity contribution in [2.75, 3.05) is 0 Å². The molecule has 1 heterocycles. The molecule has 1 atom stereocenters. The van der Waals surface area contributed by atoms with E-state index in [1.165, 1.54) is 0 Å². The molecule has 23 heavy (non-hydrogen) atoms. The third-order valence-electron chi connectivity index (χ3n) is 3.80. The second kappa shape index (κ2) is 6.41. The Morgan fingerprint density at radius 2 is 1.78 bits per heavy atom. The van der Waals surface area contributed by atoms with Crippen LogP contribution in [0.25, 0.3) is 0 Å². The molecule has 0 aliphatic carbocycles. The van der Waals surface area contributed by atoms with Crippen LogP contribution in [0, 0.1) is 0 Å². The van der Waals surface area contributed by atoms with Gasteiger partial charge >= 0.3 is 12.4 Å². The summed E-state index contributed by atoms with van der Waals surface area (Å²) in [7, 11) is 0. The Kier molecular flexibility index (Phi) is 4.91. The SMILES string of the molecule is NC1=N[C@@H](CCc2cc(C(F)(F)F)ccc2C(F)(F)F)CCC1. The van der Waals surface area contributed by atoms with E-state index in [9.17, 15) is 26.3 Å². The number of aliphatic imine (C=N–C) groups is 1. The van der Waals surface area contributed by atoms with Crippen molar-refractivity contribution in [2.45, 2.75) is 50.5 Å². The number of alkyl halides is 6. The summed E-state index contributed by atoms with van der Waals surface area (Å²) >= 11 is 0. The van der Waals surface area contributed by atoms with Crippen LogP contribution in [0.15, 0.2) is 23.2 Å². The van der Waals surface area contributed by atoms with Crippen molar-refractivity contribution in [3.05, 3.63) is 34.9 Å². The molecule has 2 rings (SSSR count). The lowest BCUT2D eigenvalue weighted by molar-refractivity contribution is -0.141. The molecule has 1 aliphatic heterocycles. The van der Waals surface area contributed by atoms with E-state index in [1.54, 1.807) is 0 Å². The van der Waals surface area contributed by atoms with Gasteiger partial charge in [-0.3, -0.25) is 4.99 Å². The van der Waals surface area contributed by atoms with E-state index in [2.05, 4.69) is 4.99 Å². The van der Waals surface area contributed by atoms with Gasteiger partial charge in [-0.05, 0) is 49.4 Å². The molecule has 0 radical (unpaired) electrons. The Labute approximate surface area is 129 Å². The van der Waals surface area contributed by atoms with Gasteiger partial charge in [0.05, 0.1) is 23.0 Å². The van der Waals surface area contributed by atoms with Crippen LogP contribution < -0.4 is 5.73 Å². The quantitative estimate of drug-likeness (QED) is 0.806. The Bertz CT molecular complexity index is 589. The monoisotopic (exact) mass is 338 g/mol. The van der Waals surface area contributed by atoms with E-state index in [0.29, 0.717) is 36.9 Å². The highest BCUT2D eigenvalue weighted by molar-refractivity contribution is 5.80. The van der Waals surface area contributed by atoms with Crippen LogP contribution in [-0.4, -0.2) is 11.9 Å². The first kappa shape index (κ1) is 17.6. The Morgan fingerprint density at radius 1 is 1.09 bits per heavy atom. The van der Waals surface area contributed by atoms with Crippen molar-refractivity contribution in [3.8, 4) is 0 Å². The van der Waals surface area contributed by atoms with E-state index in [-0.39, 0.29) is 24.4 Å². The summed E-state index contributed by atoms with van der Waals surface area (Å²) in [6.45, 7) is 0. The first-order chi connectivity index (χ1) is 10.6. The largest absolute Gasteiger partial charge is 0.416 e. The first-order valence-corrected chi connectivity index (χ1v) is 7.17. The molecule has 2 nitrogen and oxygen atoms in total. The lowest BCUT2D eigenvalue weighted by atomic mass is 9.94. The highest BCUT2D eigenvalue weighted by atomic mass is 19.4. The van der Waals surface area contributed by atoms with Gasteiger partial charge < -0.3 is 5.73 Å². The minimum absolute atomic E-state index is 0.125. The van der Waals surface area contributed by atoms with Gasteiger partial charge in [0.1, 0.15) is 0 Å². The number of aryl methyl sites for hydroxylation is 1. The number of nitrogens with two attached hydrogens (primary N) is 1. The topological polar surface area (TPSA) is 38.4 Å². The van der Waals surface area contributed by atoms with Crippen LogP contribution in [0.3, 0.4) is 0 Å². The number of hydrogen-bond donors (Lipinski definition) is 1. The highest BCUT2D eigenvalue weighted by Crippen LogP contribution is 2.37. The molecular formula is C15H16F6N2. The molecule has 1 aliphatic rings. The summed E-state index contributed by atoms with van der Waals surface area (Å²) < 4.78 is 77.1. The summed E-state index contributed by atoms with van der Waals surface area (Å²) in [5, 5.41) is 0. The molecule has 0 amide bonds. The molecule has 2 N–H and O–H groups in total. The Morgan fingerprint density at radius 3 is 2.35 bits per heavy atom. The molecule has 8 heteroatoms. The predicted octanol–water partition coefficient (Wildman–Crippen LogP) is 4.57. The number of benzene rings is 1. The summed E-state index contributed by atoms with van der Waals surface area (Å²) in [4.78, 5) is 4.15. The fourth-order valence-corrected chi connectivity index (χ4v) is 2.67. The summed E-state index contributed by atoms with van der Waals surface area (Å²) in [5.74, 6) is 0.446. The van der Waals surface area contributed by atoms with Crippen LogP contribution in [0.1, 0.15) is 42.4 Å². The number of hydrogen-bond acceptors (Lipinski definition) is 2. The van der Waals surface area contributed by atoms with Gasteiger partial charge in [-0.2, -0.15) is 26.3 Å². The van der Waals surface area contributed by atoms with Crippen LogP contribution >= 0.6 is 0 Å². The zero-order valence-electron chi connectivity index (χ0n) is 12.1. The zero-order valence-corrected chi connectivity index (χ0v) is 12.1. The maximum absolute atomic E-state index is 13.0. The Hall–Kier alpha value is -1.73. The molecule has 0 saturated carbocycles. The van der Waals surface area contributed by atoms with Crippen molar-refractivity contribution in [1.82, 2.24) is 0 Å². The van der Waals surface area contributed by atoms with Gasteiger partial charge in [0.25, 0.3) is 0 Å². The van der Waals surface area contributed by atoms with E-state index >= 15 is 0 Å². The van der Waals surface area contributed by atoms with Crippen LogP contribution in [0.2, 0.25) is 0 Å². The van der Waals surface area contributed by atoms with Crippen molar-refractivity contribution in [1.29, 1.82) is 0 Å². The molecule has 0 saturated heterocycles. The first-order valence-electron chi connectivity index (χ1n) is 7.17. The van der Waals surface area contributed by atoms with E-state index in [4.69, 9.17) is 5.73 Å². The fraction of sp³-hybridized carbons (Fsp3) is 0.533. The van der Waals surface area contributed by atoms with Crippen molar-refractivity contribution >= 4 is 5.84 Å².